The monoisotopic (exact) mass is 308 g/mol. The van der Waals surface area contributed by atoms with Crippen LogP contribution in [0.2, 0.25) is 0 Å². The number of likely N-dealkylation sites (tertiary alicyclic amines) is 1. The van der Waals surface area contributed by atoms with Gasteiger partial charge >= 0.3 is 0 Å². The van der Waals surface area contributed by atoms with Crippen LogP contribution in [0.4, 0.5) is 0 Å². The molecular weight excluding hydrogens is 288 g/mol. The molecule has 0 aliphatic carbocycles. The maximum atomic E-state index is 12.6. The van der Waals surface area contributed by atoms with Crippen molar-refractivity contribution < 1.29 is 4.79 Å². The summed E-state index contributed by atoms with van der Waals surface area (Å²) in [6, 6.07) is 8.12. The van der Waals surface area contributed by atoms with Crippen molar-refractivity contribution in [2.75, 3.05) is 13.1 Å². The van der Waals surface area contributed by atoms with E-state index >= 15 is 0 Å². The average Bonchev–Trinajstić information content (AvgIpc) is 3.25. The van der Waals surface area contributed by atoms with Crippen LogP contribution >= 0.6 is 0 Å². The number of nitrogens with zero attached hydrogens (tertiary/aromatic N) is 2. The van der Waals surface area contributed by atoms with Gasteiger partial charge in [0.05, 0.1) is 6.42 Å². The number of carbonyl (C=O) groups is 1. The molecule has 118 valence electrons. The van der Waals surface area contributed by atoms with Gasteiger partial charge < -0.3 is 14.9 Å². The Morgan fingerprint density at radius 2 is 2.04 bits per heavy atom. The minimum Gasteiger partial charge on any atom is -0.361 e. The lowest BCUT2D eigenvalue weighted by molar-refractivity contribution is -0.131. The first-order valence-corrected chi connectivity index (χ1v) is 8.13. The number of nitrogens with one attached hydrogen (secondary N) is 2. The topological polar surface area (TPSA) is 64.8 Å². The number of fused-ring (bicyclic) bond motifs is 1. The Kier molecular flexibility index (Phi) is 3.61. The van der Waals surface area contributed by atoms with Crippen molar-refractivity contribution in [3.8, 4) is 0 Å². The quantitative estimate of drug-likeness (QED) is 0.781. The number of benzene rings is 1. The Hall–Kier alpha value is -2.56. The van der Waals surface area contributed by atoms with Gasteiger partial charge in [-0.2, -0.15) is 0 Å². The highest BCUT2D eigenvalue weighted by Gasteiger charge is 2.25. The van der Waals surface area contributed by atoms with Crippen LogP contribution in [0.3, 0.4) is 0 Å². The van der Waals surface area contributed by atoms with E-state index in [1.807, 2.05) is 35.5 Å². The smallest absolute Gasteiger partial charge is 0.227 e. The molecule has 1 aliphatic heterocycles. The maximum Gasteiger partial charge on any atom is 0.227 e. The molecule has 0 saturated carbocycles. The molecule has 4 rings (SSSR count). The zero-order chi connectivity index (χ0) is 15.6. The highest BCUT2D eigenvalue weighted by Crippen LogP contribution is 2.26. The Bertz CT molecular complexity index is 797. The summed E-state index contributed by atoms with van der Waals surface area (Å²) in [7, 11) is 0. The number of aromatic amines is 2. The molecule has 0 spiro atoms. The van der Waals surface area contributed by atoms with E-state index in [9.17, 15) is 4.79 Å². The molecule has 3 heterocycles. The fourth-order valence-corrected chi connectivity index (χ4v) is 3.46. The third-order valence-electron chi connectivity index (χ3n) is 4.77. The SMILES string of the molecule is O=C(Cc1c[nH]c2ccccc12)N1CCC(c2ncc[nH]2)CC1. The number of aromatic nitrogens is 3. The van der Waals surface area contributed by atoms with E-state index in [1.165, 1.54) is 0 Å². The van der Waals surface area contributed by atoms with E-state index in [0.29, 0.717) is 12.3 Å². The number of rotatable bonds is 3. The second-order valence-corrected chi connectivity index (χ2v) is 6.17. The molecule has 3 aromatic rings. The van der Waals surface area contributed by atoms with Gasteiger partial charge in [0.15, 0.2) is 0 Å². The van der Waals surface area contributed by atoms with Gasteiger partial charge in [0.1, 0.15) is 5.82 Å². The molecule has 2 aromatic heterocycles. The molecule has 0 bridgehead atoms. The lowest BCUT2D eigenvalue weighted by atomic mass is 9.95. The highest BCUT2D eigenvalue weighted by atomic mass is 16.2. The van der Waals surface area contributed by atoms with E-state index in [-0.39, 0.29) is 5.91 Å². The van der Waals surface area contributed by atoms with Gasteiger partial charge in [0.2, 0.25) is 5.91 Å². The predicted molar refractivity (Wildman–Crippen MR) is 89.1 cm³/mol. The third kappa shape index (κ3) is 2.74. The van der Waals surface area contributed by atoms with E-state index in [0.717, 1.165) is 48.2 Å². The molecular formula is C18H20N4O. The number of hydrogen-bond acceptors (Lipinski definition) is 2. The first-order chi connectivity index (χ1) is 11.3. The standard InChI is InChI=1S/C18H20N4O/c23-17(11-14-12-21-16-4-2-1-3-15(14)16)22-9-5-13(6-10-22)18-19-7-8-20-18/h1-4,7-8,12-13,21H,5-6,9-11H2,(H,19,20). The number of para-hydroxylation sites is 1. The molecule has 1 fully saturated rings. The first-order valence-electron chi connectivity index (χ1n) is 8.13. The number of piperidine rings is 1. The molecule has 0 atom stereocenters. The predicted octanol–water partition coefficient (Wildman–Crippen LogP) is 2.84. The van der Waals surface area contributed by atoms with Crippen LogP contribution in [0, 0.1) is 0 Å². The van der Waals surface area contributed by atoms with Crippen molar-refractivity contribution in [3.05, 3.63) is 54.2 Å². The van der Waals surface area contributed by atoms with Crippen molar-refractivity contribution in [1.82, 2.24) is 19.9 Å². The first kappa shape index (κ1) is 14.1. The normalized spacial score (nSPS) is 16.1. The number of imidazole rings is 1. The van der Waals surface area contributed by atoms with Gasteiger partial charge in [-0.25, -0.2) is 4.98 Å². The van der Waals surface area contributed by atoms with Crippen LogP contribution in [0.1, 0.15) is 30.1 Å². The summed E-state index contributed by atoms with van der Waals surface area (Å²) >= 11 is 0. The fourth-order valence-electron chi connectivity index (χ4n) is 3.46. The van der Waals surface area contributed by atoms with E-state index < -0.39 is 0 Å². The fraction of sp³-hybridized carbons (Fsp3) is 0.333. The highest BCUT2D eigenvalue weighted by molar-refractivity contribution is 5.88. The van der Waals surface area contributed by atoms with Crippen LogP contribution in [0.15, 0.2) is 42.9 Å². The van der Waals surface area contributed by atoms with Crippen molar-refractivity contribution in [2.45, 2.75) is 25.2 Å². The molecule has 2 N–H and O–H groups in total. The Morgan fingerprint density at radius 1 is 1.22 bits per heavy atom. The molecule has 0 radical (unpaired) electrons. The maximum absolute atomic E-state index is 12.6. The van der Waals surface area contributed by atoms with E-state index in [1.54, 1.807) is 6.20 Å². The number of carbonyl (C=O) groups excluding carboxylic acids is 1. The Balaban J connectivity index is 1.40. The van der Waals surface area contributed by atoms with E-state index in [2.05, 4.69) is 21.0 Å². The summed E-state index contributed by atoms with van der Waals surface area (Å²) in [5.74, 6) is 1.71. The summed E-state index contributed by atoms with van der Waals surface area (Å²) in [5, 5.41) is 1.14. The number of H-pyrrole nitrogens is 2. The summed E-state index contributed by atoms with van der Waals surface area (Å²) in [5.41, 5.74) is 2.17. The van der Waals surface area contributed by atoms with Crippen LogP contribution in [-0.2, 0) is 11.2 Å². The number of amides is 1. The van der Waals surface area contributed by atoms with Gasteiger partial charge in [-0.05, 0) is 24.5 Å². The summed E-state index contributed by atoms with van der Waals surface area (Å²) in [6.07, 6.45) is 8.04. The molecule has 1 aliphatic rings. The lowest BCUT2D eigenvalue weighted by Crippen LogP contribution is -2.38. The second-order valence-electron chi connectivity index (χ2n) is 6.17. The molecule has 23 heavy (non-hydrogen) atoms. The average molecular weight is 308 g/mol. The lowest BCUT2D eigenvalue weighted by Gasteiger charge is -2.31. The Labute approximate surface area is 134 Å². The summed E-state index contributed by atoms with van der Waals surface area (Å²) < 4.78 is 0. The molecule has 0 unspecified atom stereocenters. The van der Waals surface area contributed by atoms with Crippen LogP contribution in [-0.4, -0.2) is 38.8 Å². The molecule has 1 aromatic carbocycles. The van der Waals surface area contributed by atoms with Gasteiger partial charge in [-0.3, -0.25) is 4.79 Å². The second kappa shape index (κ2) is 5.91. The zero-order valence-electron chi connectivity index (χ0n) is 13.0. The largest absolute Gasteiger partial charge is 0.361 e. The zero-order valence-corrected chi connectivity index (χ0v) is 13.0. The summed E-state index contributed by atoms with van der Waals surface area (Å²) in [6.45, 7) is 1.62. The number of hydrogen-bond donors (Lipinski definition) is 2. The van der Waals surface area contributed by atoms with Crippen molar-refractivity contribution >= 4 is 16.8 Å². The van der Waals surface area contributed by atoms with Crippen molar-refractivity contribution in [3.63, 3.8) is 0 Å². The van der Waals surface area contributed by atoms with Gasteiger partial charge in [-0.1, -0.05) is 18.2 Å². The van der Waals surface area contributed by atoms with Crippen molar-refractivity contribution in [1.29, 1.82) is 0 Å². The molecule has 5 nitrogen and oxygen atoms in total. The minimum atomic E-state index is 0.215. The minimum absolute atomic E-state index is 0.215. The van der Waals surface area contributed by atoms with Gasteiger partial charge in [0, 0.05) is 48.5 Å². The van der Waals surface area contributed by atoms with Crippen LogP contribution in [0.25, 0.3) is 10.9 Å². The van der Waals surface area contributed by atoms with Crippen LogP contribution < -0.4 is 0 Å². The molecule has 1 saturated heterocycles. The molecule has 5 heteroatoms. The summed E-state index contributed by atoms with van der Waals surface area (Å²) in [4.78, 5) is 25.3. The third-order valence-corrected chi connectivity index (χ3v) is 4.77. The Morgan fingerprint density at radius 3 is 2.83 bits per heavy atom. The van der Waals surface area contributed by atoms with Crippen molar-refractivity contribution in [2.24, 2.45) is 0 Å². The van der Waals surface area contributed by atoms with Gasteiger partial charge in [0.25, 0.3) is 0 Å². The van der Waals surface area contributed by atoms with E-state index in [4.69, 9.17) is 0 Å². The van der Waals surface area contributed by atoms with Gasteiger partial charge in [-0.15, -0.1) is 0 Å². The molecule has 1 amide bonds. The van der Waals surface area contributed by atoms with Crippen LogP contribution in [0.5, 0.6) is 0 Å².